The first-order valence-electron chi connectivity index (χ1n) is 7.84. The van der Waals surface area contributed by atoms with Crippen LogP contribution in [0, 0.1) is 11.7 Å². The Morgan fingerprint density at radius 3 is 2.44 bits per heavy atom. The third-order valence-electron chi connectivity index (χ3n) is 3.90. The van der Waals surface area contributed by atoms with Crippen molar-refractivity contribution in [2.75, 3.05) is 0 Å². The molecule has 2 aliphatic carbocycles. The quantitative estimate of drug-likeness (QED) is 0.462. The molecule has 0 aromatic heterocycles. The maximum absolute atomic E-state index is 12.9. The van der Waals surface area contributed by atoms with Crippen molar-refractivity contribution in [2.45, 2.75) is 6.92 Å². The molecule has 0 bridgehead atoms. The Balaban J connectivity index is 1.70. The second-order valence-electron chi connectivity index (χ2n) is 5.72. The summed E-state index contributed by atoms with van der Waals surface area (Å²) in [5.41, 5.74) is 3.59. The second kappa shape index (κ2) is 7.60. The monoisotopic (exact) mass is 399 g/mol. The zero-order chi connectivity index (χ0) is 17.8. The van der Waals surface area contributed by atoms with Crippen LogP contribution in [-0.4, -0.2) is 26.7 Å². The number of carbonyl (C=O) groups is 1. The van der Waals surface area contributed by atoms with Crippen molar-refractivity contribution in [3.8, 4) is 0 Å². The maximum atomic E-state index is 12.9. The summed E-state index contributed by atoms with van der Waals surface area (Å²) in [6, 6.07) is 5.36. The van der Waals surface area contributed by atoms with Crippen LogP contribution in [0.15, 0.2) is 88.6 Å². The van der Waals surface area contributed by atoms with E-state index in [-0.39, 0.29) is 17.6 Å². The van der Waals surface area contributed by atoms with Crippen LogP contribution >= 0.6 is 0 Å². The zero-order valence-electron chi connectivity index (χ0n) is 13.6. The van der Waals surface area contributed by atoms with E-state index < -0.39 is 0 Å². The van der Waals surface area contributed by atoms with Gasteiger partial charge in [-0.25, -0.2) is 0 Å². The molecule has 0 fully saturated rings. The van der Waals surface area contributed by atoms with E-state index >= 15 is 0 Å². The third kappa shape index (κ3) is 4.32. The molecule has 1 radical (unpaired) electrons. The average Bonchev–Trinajstić information content (AvgIpc) is 3.09. The van der Waals surface area contributed by atoms with E-state index in [1.807, 2.05) is 30.4 Å². The number of carbonyl (C=O) groups excluding carboxylic acids is 1. The number of hydrogen-bond donors (Lipinski definition) is 1. The molecule has 3 nitrogen and oxygen atoms in total. The van der Waals surface area contributed by atoms with Gasteiger partial charge in [-0.1, -0.05) is 0 Å². The molecule has 1 aromatic rings. The van der Waals surface area contributed by atoms with Gasteiger partial charge in [0.05, 0.1) is 0 Å². The van der Waals surface area contributed by atoms with Gasteiger partial charge in [-0.2, -0.15) is 0 Å². The van der Waals surface area contributed by atoms with Crippen molar-refractivity contribution in [3.05, 3.63) is 95.0 Å². The zero-order valence-corrected chi connectivity index (χ0v) is 15.3. The molecule has 1 N–H and O–H groups in total. The number of rotatable bonds is 2. The molecule has 0 spiro atoms. The van der Waals surface area contributed by atoms with Crippen LogP contribution in [0.5, 0.6) is 0 Å². The van der Waals surface area contributed by atoms with Crippen molar-refractivity contribution >= 4 is 26.7 Å². The van der Waals surface area contributed by atoms with Gasteiger partial charge in [0, 0.05) is 0 Å². The number of nitrogens with one attached hydrogen (secondary N) is 1. The summed E-state index contributed by atoms with van der Waals surface area (Å²) in [5.74, 6) is -0.487. The van der Waals surface area contributed by atoms with Crippen LogP contribution in [-0.2, 0) is 0 Å². The van der Waals surface area contributed by atoms with Crippen LogP contribution in [0.25, 0.3) is 0 Å². The normalized spacial score (nSPS) is 19.4. The van der Waals surface area contributed by atoms with Gasteiger partial charge in [0.1, 0.15) is 0 Å². The fraction of sp³-hybridized carbons (Fsp3) is 0.100. The van der Waals surface area contributed by atoms with Crippen molar-refractivity contribution in [1.82, 2.24) is 5.32 Å². The fourth-order valence-corrected chi connectivity index (χ4v) is 3.06. The summed E-state index contributed by atoms with van der Waals surface area (Å²) in [6.07, 6.45) is 14.2. The van der Waals surface area contributed by atoms with Crippen molar-refractivity contribution in [2.24, 2.45) is 10.9 Å². The Morgan fingerprint density at radius 2 is 1.80 bits per heavy atom. The Kier molecular flexibility index (Phi) is 5.27. The number of halogens is 1. The molecular formula is C20H16FN2OSe. The first-order valence-corrected chi connectivity index (χ1v) is 8.70. The van der Waals surface area contributed by atoms with Crippen molar-refractivity contribution < 1.29 is 9.18 Å². The van der Waals surface area contributed by atoms with Crippen molar-refractivity contribution in [3.63, 3.8) is 0 Å². The molecule has 1 amide bonds. The van der Waals surface area contributed by atoms with Crippen LogP contribution in [0.2, 0.25) is 0 Å². The van der Waals surface area contributed by atoms with Gasteiger partial charge in [0.25, 0.3) is 0 Å². The molecule has 2 aliphatic rings. The van der Waals surface area contributed by atoms with E-state index in [0.717, 1.165) is 5.70 Å². The first kappa shape index (κ1) is 17.3. The van der Waals surface area contributed by atoms with E-state index in [0.29, 0.717) is 10.3 Å². The second-order valence-corrected chi connectivity index (χ2v) is 6.53. The van der Waals surface area contributed by atoms with Gasteiger partial charge in [-0.05, 0) is 0 Å². The number of aliphatic imine (C=N–C) groups is 1. The molecule has 1 atom stereocenters. The first-order chi connectivity index (χ1) is 12.0. The molecule has 125 valence electrons. The van der Waals surface area contributed by atoms with Crippen molar-refractivity contribution in [1.29, 1.82) is 0 Å². The van der Waals surface area contributed by atoms with Crippen LogP contribution in [0.1, 0.15) is 17.3 Å². The van der Waals surface area contributed by atoms with E-state index in [9.17, 15) is 9.18 Å². The summed E-state index contributed by atoms with van der Waals surface area (Å²) in [5, 5.41) is 2.67. The fourth-order valence-electron chi connectivity index (χ4n) is 2.64. The molecule has 3 rings (SSSR count). The number of benzene rings is 1. The van der Waals surface area contributed by atoms with Crippen LogP contribution in [0.3, 0.4) is 0 Å². The molecule has 0 saturated heterocycles. The van der Waals surface area contributed by atoms with Gasteiger partial charge in [-0.15, -0.1) is 0 Å². The molecule has 25 heavy (non-hydrogen) atoms. The SMILES string of the molecule is CC1C=C(N=C([Se])NC(=O)c2ccc(F)cc2)C=CC1=C1C=CC=C1. The predicted molar refractivity (Wildman–Crippen MR) is 98.7 cm³/mol. The third-order valence-corrected chi connectivity index (χ3v) is 4.30. The summed E-state index contributed by atoms with van der Waals surface area (Å²) in [6.45, 7) is 2.11. The Hall–Kier alpha value is -2.49. The molecule has 0 saturated carbocycles. The summed E-state index contributed by atoms with van der Waals surface area (Å²) in [7, 11) is 0. The predicted octanol–water partition coefficient (Wildman–Crippen LogP) is 3.59. The summed E-state index contributed by atoms with van der Waals surface area (Å²) >= 11 is 2.75. The van der Waals surface area contributed by atoms with Gasteiger partial charge < -0.3 is 0 Å². The topological polar surface area (TPSA) is 41.5 Å². The van der Waals surface area contributed by atoms with E-state index in [1.54, 1.807) is 0 Å². The van der Waals surface area contributed by atoms with Gasteiger partial charge in [0.2, 0.25) is 0 Å². The van der Waals surface area contributed by atoms with Crippen LogP contribution in [0.4, 0.5) is 4.39 Å². The van der Waals surface area contributed by atoms with E-state index in [4.69, 9.17) is 0 Å². The van der Waals surface area contributed by atoms with Gasteiger partial charge in [-0.3, -0.25) is 0 Å². The number of allylic oxidation sites excluding steroid dienone is 9. The Labute approximate surface area is 154 Å². The Morgan fingerprint density at radius 1 is 1.12 bits per heavy atom. The van der Waals surface area contributed by atoms with Gasteiger partial charge in [0.15, 0.2) is 0 Å². The van der Waals surface area contributed by atoms with Crippen LogP contribution < -0.4 is 5.32 Å². The summed E-state index contributed by atoms with van der Waals surface area (Å²) in [4.78, 5) is 16.5. The summed E-state index contributed by atoms with van der Waals surface area (Å²) < 4.78 is 13.3. The molecule has 0 heterocycles. The minimum absolute atomic E-state index is 0.228. The molecule has 0 aliphatic heterocycles. The minimum atomic E-state index is -0.378. The number of amides is 1. The van der Waals surface area contributed by atoms with E-state index in [2.05, 4.69) is 45.4 Å². The number of amidine groups is 1. The number of hydrogen-bond acceptors (Lipinski definition) is 2. The average molecular weight is 398 g/mol. The van der Waals surface area contributed by atoms with E-state index in [1.165, 1.54) is 35.4 Å². The molecule has 5 heteroatoms. The standard InChI is InChI=1S/C20H16FN2OSe/c1-13-12-17(10-11-18(13)14-4-2-3-5-14)22-20(25)23-19(24)15-6-8-16(21)9-7-15/h2-13H,1H3,(H,22,23,24). The molecular weight excluding hydrogens is 382 g/mol. The number of nitrogens with zero attached hydrogens (tertiary/aromatic N) is 1. The molecule has 1 aromatic carbocycles. The Bertz CT molecular complexity index is 859. The van der Waals surface area contributed by atoms with Gasteiger partial charge >= 0.3 is 154 Å². The molecule has 1 unspecified atom stereocenters.